The van der Waals surface area contributed by atoms with Crippen LogP contribution >= 0.6 is 0 Å². The van der Waals surface area contributed by atoms with Gasteiger partial charge in [-0.15, -0.1) is 0 Å². The third kappa shape index (κ3) is 8.23. The minimum absolute atomic E-state index is 0.0700. The lowest BCUT2D eigenvalue weighted by molar-refractivity contribution is -0.123. The molecule has 0 unspecified atom stereocenters. The van der Waals surface area contributed by atoms with E-state index in [2.05, 4.69) is 10.6 Å². The maximum atomic E-state index is 11.5. The highest BCUT2D eigenvalue weighted by Crippen LogP contribution is 2.07. The van der Waals surface area contributed by atoms with Crippen molar-refractivity contribution in [1.82, 2.24) is 10.6 Å². The van der Waals surface area contributed by atoms with E-state index >= 15 is 0 Å². The van der Waals surface area contributed by atoms with Gasteiger partial charge in [0.1, 0.15) is 0 Å². The van der Waals surface area contributed by atoms with E-state index in [1.165, 1.54) is 0 Å². The summed E-state index contributed by atoms with van der Waals surface area (Å²) < 4.78 is 0. The standard InChI is InChI=1S/C11H23N3O2/c1-8(2)13-6-5-10(16)14-11(3,4)7-9(12)15/h8,13H,5-7H2,1-4H3,(H2,12,15)(H,14,16). The molecule has 0 rings (SSSR count). The number of nitrogens with two attached hydrogens (primary N) is 1. The maximum absolute atomic E-state index is 11.5. The second-order valence-electron chi connectivity index (χ2n) is 4.93. The minimum atomic E-state index is -0.569. The normalized spacial score (nSPS) is 11.6. The minimum Gasteiger partial charge on any atom is -0.370 e. The molecule has 0 aliphatic heterocycles. The molecule has 0 aromatic heterocycles. The summed E-state index contributed by atoms with van der Waals surface area (Å²) in [5, 5.41) is 5.93. The molecule has 94 valence electrons. The van der Waals surface area contributed by atoms with Crippen LogP contribution in [0, 0.1) is 0 Å². The van der Waals surface area contributed by atoms with Gasteiger partial charge in [-0.05, 0) is 13.8 Å². The Hall–Kier alpha value is -1.10. The fourth-order valence-corrected chi connectivity index (χ4v) is 1.39. The molecule has 2 amide bonds. The van der Waals surface area contributed by atoms with Gasteiger partial charge in [0.15, 0.2) is 0 Å². The first-order valence-corrected chi connectivity index (χ1v) is 5.55. The molecule has 0 aromatic rings. The van der Waals surface area contributed by atoms with Gasteiger partial charge < -0.3 is 16.4 Å². The van der Waals surface area contributed by atoms with E-state index < -0.39 is 11.4 Å². The lowest BCUT2D eigenvalue weighted by Crippen LogP contribution is -2.46. The molecule has 0 aliphatic rings. The molecule has 0 radical (unpaired) electrons. The Labute approximate surface area is 97.2 Å². The number of rotatable bonds is 7. The average Bonchev–Trinajstić information content (AvgIpc) is 1.98. The zero-order valence-corrected chi connectivity index (χ0v) is 10.6. The Balaban J connectivity index is 3.89. The quantitative estimate of drug-likeness (QED) is 0.581. The first-order chi connectivity index (χ1) is 7.23. The first kappa shape index (κ1) is 14.9. The maximum Gasteiger partial charge on any atom is 0.221 e. The van der Waals surface area contributed by atoms with Crippen LogP contribution < -0.4 is 16.4 Å². The second kappa shape index (κ2) is 6.48. The van der Waals surface area contributed by atoms with Crippen molar-refractivity contribution >= 4 is 11.8 Å². The van der Waals surface area contributed by atoms with Crippen molar-refractivity contribution in [1.29, 1.82) is 0 Å². The van der Waals surface area contributed by atoms with Crippen LogP contribution in [0.1, 0.15) is 40.5 Å². The van der Waals surface area contributed by atoms with Crippen LogP contribution in [0.5, 0.6) is 0 Å². The monoisotopic (exact) mass is 229 g/mol. The number of hydrogen-bond donors (Lipinski definition) is 3. The molecule has 0 spiro atoms. The van der Waals surface area contributed by atoms with Crippen LogP contribution in [0.2, 0.25) is 0 Å². The van der Waals surface area contributed by atoms with Crippen LogP contribution in [0.15, 0.2) is 0 Å². The summed E-state index contributed by atoms with van der Waals surface area (Å²) >= 11 is 0. The third-order valence-corrected chi connectivity index (χ3v) is 2.00. The van der Waals surface area contributed by atoms with Crippen molar-refractivity contribution in [2.45, 2.75) is 52.1 Å². The summed E-state index contributed by atoms with van der Waals surface area (Å²) in [6, 6.07) is 0.367. The van der Waals surface area contributed by atoms with Crippen molar-refractivity contribution in [3.8, 4) is 0 Å². The van der Waals surface area contributed by atoms with E-state index in [9.17, 15) is 9.59 Å². The average molecular weight is 229 g/mol. The number of amides is 2. The van der Waals surface area contributed by atoms with Gasteiger partial charge in [0.25, 0.3) is 0 Å². The molecule has 4 N–H and O–H groups in total. The number of primary amides is 1. The highest BCUT2D eigenvalue weighted by Gasteiger charge is 2.22. The van der Waals surface area contributed by atoms with E-state index in [1.807, 2.05) is 13.8 Å². The van der Waals surface area contributed by atoms with Crippen molar-refractivity contribution < 1.29 is 9.59 Å². The fourth-order valence-electron chi connectivity index (χ4n) is 1.39. The SMILES string of the molecule is CC(C)NCCC(=O)NC(C)(C)CC(N)=O. The van der Waals surface area contributed by atoms with Crippen LogP contribution in [0.4, 0.5) is 0 Å². The van der Waals surface area contributed by atoms with E-state index in [4.69, 9.17) is 5.73 Å². The van der Waals surface area contributed by atoms with Gasteiger partial charge in [0.2, 0.25) is 11.8 Å². The molecule has 0 bridgehead atoms. The Morgan fingerprint density at radius 3 is 2.31 bits per heavy atom. The molecular weight excluding hydrogens is 206 g/mol. The summed E-state index contributed by atoms with van der Waals surface area (Å²) in [5.74, 6) is -0.481. The third-order valence-electron chi connectivity index (χ3n) is 2.00. The lowest BCUT2D eigenvalue weighted by Gasteiger charge is -2.24. The van der Waals surface area contributed by atoms with Crippen LogP contribution in [0.3, 0.4) is 0 Å². The van der Waals surface area contributed by atoms with Crippen molar-refractivity contribution in [2.24, 2.45) is 5.73 Å². The van der Waals surface area contributed by atoms with Gasteiger partial charge in [0.05, 0.1) is 0 Å². The summed E-state index contributed by atoms with van der Waals surface area (Å²) in [4.78, 5) is 22.3. The van der Waals surface area contributed by atoms with Crippen molar-refractivity contribution in [2.75, 3.05) is 6.54 Å². The highest BCUT2D eigenvalue weighted by atomic mass is 16.2. The largest absolute Gasteiger partial charge is 0.370 e. The predicted octanol–water partition coefficient (Wildman–Crippen LogP) is 0.145. The predicted molar refractivity (Wildman–Crippen MR) is 63.8 cm³/mol. The van der Waals surface area contributed by atoms with Gasteiger partial charge in [0, 0.05) is 31.0 Å². The Morgan fingerprint density at radius 1 is 1.31 bits per heavy atom. The van der Waals surface area contributed by atoms with Gasteiger partial charge in [-0.3, -0.25) is 9.59 Å². The summed E-state index contributed by atoms with van der Waals surface area (Å²) in [6.07, 6.45) is 0.552. The van der Waals surface area contributed by atoms with Crippen LogP contribution in [-0.4, -0.2) is 29.9 Å². The smallest absolute Gasteiger partial charge is 0.221 e. The number of carbonyl (C=O) groups is 2. The number of carbonyl (C=O) groups excluding carboxylic acids is 2. The molecule has 0 fully saturated rings. The molecule has 0 heterocycles. The molecular formula is C11H23N3O2. The zero-order valence-electron chi connectivity index (χ0n) is 10.6. The molecule has 5 heteroatoms. The first-order valence-electron chi connectivity index (χ1n) is 5.55. The Morgan fingerprint density at radius 2 is 1.88 bits per heavy atom. The molecule has 0 aromatic carbocycles. The van der Waals surface area contributed by atoms with E-state index in [0.29, 0.717) is 19.0 Å². The molecule has 0 saturated heterocycles. The van der Waals surface area contributed by atoms with E-state index in [0.717, 1.165) is 0 Å². The van der Waals surface area contributed by atoms with E-state index in [-0.39, 0.29) is 12.3 Å². The lowest BCUT2D eigenvalue weighted by atomic mass is 10.00. The van der Waals surface area contributed by atoms with Gasteiger partial charge in [-0.2, -0.15) is 0 Å². The molecule has 0 atom stereocenters. The molecule has 0 aliphatic carbocycles. The Bertz CT molecular complexity index is 250. The summed E-state index contributed by atoms with van der Waals surface area (Å²) in [7, 11) is 0. The number of nitrogens with one attached hydrogen (secondary N) is 2. The summed E-state index contributed by atoms with van der Waals surface area (Å²) in [6.45, 7) is 8.25. The van der Waals surface area contributed by atoms with Crippen molar-refractivity contribution in [3.05, 3.63) is 0 Å². The molecule has 0 saturated carbocycles. The highest BCUT2D eigenvalue weighted by molar-refractivity contribution is 5.79. The van der Waals surface area contributed by atoms with Gasteiger partial charge in [-0.1, -0.05) is 13.8 Å². The van der Waals surface area contributed by atoms with Gasteiger partial charge in [-0.25, -0.2) is 0 Å². The topological polar surface area (TPSA) is 84.2 Å². The van der Waals surface area contributed by atoms with Gasteiger partial charge >= 0.3 is 0 Å². The number of hydrogen-bond acceptors (Lipinski definition) is 3. The van der Waals surface area contributed by atoms with E-state index in [1.54, 1.807) is 13.8 Å². The fraction of sp³-hybridized carbons (Fsp3) is 0.818. The van der Waals surface area contributed by atoms with Crippen LogP contribution in [-0.2, 0) is 9.59 Å². The Kier molecular flexibility index (Phi) is 6.03. The van der Waals surface area contributed by atoms with Crippen LogP contribution in [0.25, 0.3) is 0 Å². The second-order valence-corrected chi connectivity index (χ2v) is 4.93. The molecule has 16 heavy (non-hydrogen) atoms. The zero-order chi connectivity index (χ0) is 12.8. The summed E-state index contributed by atoms with van der Waals surface area (Å²) in [5.41, 5.74) is 4.52. The molecule has 5 nitrogen and oxygen atoms in total. The van der Waals surface area contributed by atoms with Crippen molar-refractivity contribution in [3.63, 3.8) is 0 Å².